The first-order chi connectivity index (χ1) is 21.6. The maximum Gasteiger partial charge on any atom is 0.151 e. The number of ether oxygens (including phenoxy) is 1. The first-order valence-electron chi connectivity index (χ1n) is 15.2. The van der Waals surface area contributed by atoms with E-state index in [0.29, 0.717) is 0 Å². The molecular weight excluding hydrogens is 536 g/mol. The predicted octanol–water partition coefficient (Wildman–Crippen LogP) is 11.7. The summed E-state index contributed by atoms with van der Waals surface area (Å²) >= 11 is 0. The van der Waals surface area contributed by atoms with Crippen LogP contribution in [0.25, 0.3) is 21.5 Å². The van der Waals surface area contributed by atoms with Gasteiger partial charge >= 0.3 is 0 Å². The molecule has 9 rings (SSSR count). The zero-order valence-corrected chi connectivity index (χ0v) is 24.7. The summed E-state index contributed by atoms with van der Waals surface area (Å²) in [4.78, 5) is 4.82. The van der Waals surface area contributed by atoms with E-state index in [-0.39, 0.29) is 5.41 Å². The fourth-order valence-electron chi connectivity index (χ4n) is 7.21. The minimum Gasteiger partial charge on any atom is -0.453 e. The highest BCUT2D eigenvalue weighted by molar-refractivity contribution is 6.01. The van der Waals surface area contributed by atoms with E-state index >= 15 is 0 Å². The van der Waals surface area contributed by atoms with Crippen molar-refractivity contribution in [1.82, 2.24) is 0 Å². The highest BCUT2D eigenvalue weighted by atomic mass is 16.5. The summed E-state index contributed by atoms with van der Waals surface area (Å²) in [5.41, 5.74) is 9.10. The van der Waals surface area contributed by atoms with Crippen molar-refractivity contribution in [3.63, 3.8) is 0 Å². The van der Waals surface area contributed by atoms with Crippen LogP contribution in [0.1, 0.15) is 25.0 Å². The van der Waals surface area contributed by atoms with Crippen LogP contribution in [-0.4, -0.2) is 0 Å². The number of hydrogen-bond acceptors (Lipinski definition) is 3. The monoisotopic (exact) mass is 566 g/mol. The van der Waals surface area contributed by atoms with Gasteiger partial charge in [-0.15, -0.1) is 0 Å². The largest absolute Gasteiger partial charge is 0.453 e. The lowest BCUT2D eigenvalue weighted by atomic mass is 9.73. The number of anilines is 6. The Bertz CT molecular complexity index is 2260. The van der Waals surface area contributed by atoms with Crippen LogP contribution in [0, 0.1) is 0 Å². The van der Waals surface area contributed by atoms with Crippen molar-refractivity contribution < 1.29 is 4.74 Å². The van der Waals surface area contributed by atoms with E-state index in [4.69, 9.17) is 4.74 Å². The molecule has 2 aliphatic rings. The van der Waals surface area contributed by atoms with E-state index in [1.165, 1.54) is 38.4 Å². The fraction of sp³-hybridized carbons (Fsp3) is 0.0732. The summed E-state index contributed by atoms with van der Waals surface area (Å²) in [5, 5.41) is 4.90. The van der Waals surface area contributed by atoms with Crippen LogP contribution in [0.3, 0.4) is 0 Å². The maximum absolute atomic E-state index is 6.44. The molecule has 2 aliphatic heterocycles. The molecule has 0 saturated heterocycles. The number of hydrogen-bond donors (Lipinski definition) is 0. The van der Waals surface area contributed by atoms with Crippen LogP contribution in [-0.2, 0) is 5.41 Å². The second-order valence-corrected chi connectivity index (χ2v) is 12.2. The topological polar surface area (TPSA) is 15.7 Å². The van der Waals surface area contributed by atoms with Crippen LogP contribution in [0.5, 0.6) is 11.5 Å². The summed E-state index contributed by atoms with van der Waals surface area (Å²) in [6, 6.07) is 52.4. The molecule has 44 heavy (non-hydrogen) atoms. The van der Waals surface area contributed by atoms with Gasteiger partial charge in [-0.2, -0.15) is 0 Å². The number of para-hydroxylation sites is 3. The van der Waals surface area contributed by atoms with Gasteiger partial charge in [0.2, 0.25) is 0 Å². The molecule has 0 aliphatic carbocycles. The lowest BCUT2D eigenvalue weighted by Crippen LogP contribution is -2.32. The highest BCUT2D eigenvalue weighted by Crippen LogP contribution is 2.60. The summed E-state index contributed by atoms with van der Waals surface area (Å²) in [6.07, 6.45) is 0. The van der Waals surface area contributed by atoms with E-state index in [9.17, 15) is 0 Å². The van der Waals surface area contributed by atoms with Gasteiger partial charge in [0, 0.05) is 22.2 Å². The smallest absolute Gasteiger partial charge is 0.151 e. The summed E-state index contributed by atoms with van der Waals surface area (Å²) in [5.74, 6) is 1.78. The second-order valence-electron chi connectivity index (χ2n) is 12.2. The number of fused-ring (bicyclic) bond motifs is 6. The molecule has 210 valence electrons. The zero-order valence-electron chi connectivity index (χ0n) is 24.7. The van der Waals surface area contributed by atoms with E-state index in [1.54, 1.807) is 0 Å². The zero-order chi connectivity index (χ0) is 29.4. The van der Waals surface area contributed by atoms with E-state index in [0.717, 1.165) is 39.9 Å². The molecule has 3 nitrogen and oxygen atoms in total. The minimum atomic E-state index is -0.253. The normalized spacial score (nSPS) is 14.0. The maximum atomic E-state index is 6.44. The summed E-state index contributed by atoms with van der Waals surface area (Å²) < 4.78 is 6.44. The molecule has 3 heteroatoms. The van der Waals surface area contributed by atoms with Gasteiger partial charge in [0.1, 0.15) is 0 Å². The average molecular weight is 567 g/mol. The Labute approximate surface area is 257 Å². The molecule has 0 N–H and O–H groups in total. The highest BCUT2D eigenvalue weighted by Gasteiger charge is 2.41. The average Bonchev–Trinajstić information content (AvgIpc) is 3.07. The van der Waals surface area contributed by atoms with Crippen molar-refractivity contribution in [2.24, 2.45) is 0 Å². The summed E-state index contributed by atoms with van der Waals surface area (Å²) in [7, 11) is 0. The predicted molar refractivity (Wildman–Crippen MR) is 183 cm³/mol. The van der Waals surface area contributed by atoms with E-state index < -0.39 is 0 Å². The van der Waals surface area contributed by atoms with Crippen LogP contribution < -0.4 is 14.5 Å². The summed E-state index contributed by atoms with van der Waals surface area (Å²) in [6.45, 7) is 4.67. The SMILES string of the molecule is CC1(C)c2cc(N(c3ccc4ccccc4c3)c3cccc4ccccc34)ccc2N2c3ccccc3Oc3cccc1c32. The Morgan fingerprint density at radius 1 is 0.523 bits per heavy atom. The third-order valence-electron chi connectivity index (χ3n) is 9.37. The van der Waals surface area contributed by atoms with Gasteiger partial charge < -0.3 is 14.5 Å². The van der Waals surface area contributed by atoms with Crippen molar-refractivity contribution in [1.29, 1.82) is 0 Å². The van der Waals surface area contributed by atoms with Crippen molar-refractivity contribution in [2.45, 2.75) is 19.3 Å². The molecule has 0 aromatic heterocycles. The molecule has 0 bridgehead atoms. The number of benzene rings is 7. The third-order valence-corrected chi connectivity index (χ3v) is 9.37. The fourth-order valence-corrected chi connectivity index (χ4v) is 7.21. The third kappa shape index (κ3) is 3.56. The van der Waals surface area contributed by atoms with Gasteiger partial charge in [0.15, 0.2) is 11.5 Å². The number of rotatable bonds is 3. The minimum absolute atomic E-state index is 0.253. The lowest BCUT2D eigenvalue weighted by molar-refractivity contribution is 0.471. The first-order valence-corrected chi connectivity index (χ1v) is 15.2. The van der Waals surface area contributed by atoms with E-state index in [1.807, 2.05) is 6.07 Å². The molecule has 7 aromatic carbocycles. The molecule has 7 aromatic rings. The van der Waals surface area contributed by atoms with E-state index in [2.05, 4.69) is 163 Å². The molecule has 0 fully saturated rings. The molecule has 0 spiro atoms. The van der Waals surface area contributed by atoms with Crippen LogP contribution in [0.2, 0.25) is 0 Å². The Morgan fingerprint density at radius 2 is 1.20 bits per heavy atom. The van der Waals surface area contributed by atoms with Gasteiger partial charge in [0.05, 0.1) is 22.7 Å². The molecule has 0 atom stereocenters. The Kier molecular flexibility index (Phi) is 5.24. The molecule has 0 radical (unpaired) electrons. The molecule has 2 heterocycles. The van der Waals surface area contributed by atoms with Crippen molar-refractivity contribution >= 4 is 55.7 Å². The van der Waals surface area contributed by atoms with Crippen molar-refractivity contribution in [3.05, 3.63) is 157 Å². The van der Waals surface area contributed by atoms with Crippen LogP contribution in [0.4, 0.5) is 34.1 Å². The Hall–Kier alpha value is -5.54. The molecular formula is C41H30N2O. The van der Waals surface area contributed by atoms with Gasteiger partial charge in [-0.3, -0.25) is 0 Å². The Balaban J connectivity index is 1.31. The van der Waals surface area contributed by atoms with Gasteiger partial charge in [0.25, 0.3) is 0 Å². The van der Waals surface area contributed by atoms with Gasteiger partial charge in [-0.1, -0.05) is 105 Å². The van der Waals surface area contributed by atoms with Crippen LogP contribution in [0.15, 0.2) is 146 Å². The first kappa shape index (κ1) is 25.0. The van der Waals surface area contributed by atoms with Gasteiger partial charge in [-0.25, -0.2) is 0 Å². The second kappa shape index (κ2) is 9.23. The van der Waals surface area contributed by atoms with Crippen LogP contribution >= 0.6 is 0 Å². The molecule has 0 saturated carbocycles. The number of nitrogens with zero attached hydrogens (tertiary/aromatic N) is 2. The molecule has 0 unspecified atom stereocenters. The quantitative estimate of drug-likeness (QED) is 0.212. The standard InChI is InChI=1S/C41H30N2O/c1-41(2)33-16-10-20-39-40(33)43(37-17-7-8-19-38(37)44-39)36-24-23-31(26-34(36)41)42(30-22-21-27-11-3-4-13-29(27)25-30)35-18-9-14-28-12-5-6-15-32(28)35/h3-26H,1-2H3. The molecule has 0 amide bonds. The Morgan fingerprint density at radius 3 is 2.11 bits per heavy atom. The van der Waals surface area contributed by atoms with Crippen molar-refractivity contribution in [2.75, 3.05) is 9.80 Å². The van der Waals surface area contributed by atoms with Gasteiger partial charge in [-0.05, 0) is 81.9 Å². The lowest BCUT2D eigenvalue weighted by Gasteiger charge is -2.45. The van der Waals surface area contributed by atoms with Crippen molar-refractivity contribution in [3.8, 4) is 11.5 Å².